The van der Waals surface area contributed by atoms with E-state index in [9.17, 15) is 0 Å². The Kier molecular flexibility index (Phi) is 7.50. The van der Waals surface area contributed by atoms with Crippen LogP contribution in [-0.2, 0) is 4.74 Å². The van der Waals surface area contributed by atoms with Gasteiger partial charge in [-0.15, -0.1) is 0 Å². The molecule has 0 aliphatic carbocycles. The van der Waals surface area contributed by atoms with Gasteiger partial charge in [0.05, 0.1) is 12.9 Å². The number of methoxy groups -OCH3 is 1. The van der Waals surface area contributed by atoms with E-state index in [-0.39, 0.29) is 0 Å². The molecule has 0 radical (unpaired) electrons. The first-order chi connectivity index (χ1) is 6.20. The molecule has 2 nitrogen and oxygen atoms in total. The number of hydrogen-bond acceptors (Lipinski definition) is 2. The lowest BCUT2D eigenvalue weighted by molar-refractivity contribution is 0.287. The van der Waals surface area contributed by atoms with Gasteiger partial charge >= 0.3 is 0 Å². The van der Waals surface area contributed by atoms with Crippen LogP contribution in [0.1, 0.15) is 19.3 Å². The van der Waals surface area contributed by atoms with Crippen molar-refractivity contribution in [1.29, 1.82) is 0 Å². The van der Waals surface area contributed by atoms with Crippen LogP contribution in [0.15, 0.2) is 35.2 Å². The molecule has 0 amide bonds. The van der Waals surface area contributed by atoms with Gasteiger partial charge in [-0.1, -0.05) is 34.7 Å². The van der Waals surface area contributed by atoms with Crippen LogP contribution in [0.3, 0.4) is 0 Å². The molecule has 74 valence electrons. The van der Waals surface area contributed by atoms with Gasteiger partial charge in [0.2, 0.25) is 0 Å². The van der Waals surface area contributed by atoms with Crippen molar-refractivity contribution in [3.63, 3.8) is 0 Å². The van der Waals surface area contributed by atoms with E-state index >= 15 is 0 Å². The van der Waals surface area contributed by atoms with Crippen LogP contribution in [-0.4, -0.2) is 7.11 Å². The van der Waals surface area contributed by atoms with Crippen molar-refractivity contribution in [1.82, 2.24) is 0 Å². The number of ether oxygens (including phenoxy) is 1. The fourth-order valence-electron chi connectivity index (χ4n) is 0.743. The highest BCUT2D eigenvalue weighted by Crippen LogP contribution is 2.05. The SMILES string of the molecule is C=C(C/C=C(/N)CC/C=C/Br)OC. The van der Waals surface area contributed by atoms with Crippen LogP contribution in [0.25, 0.3) is 0 Å². The molecule has 0 aliphatic heterocycles. The molecule has 0 unspecified atom stereocenters. The first-order valence-corrected chi connectivity index (χ1v) is 5.03. The second kappa shape index (κ2) is 7.92. The summed E-state index contributed by atoms with van der Waals surface area (Å²) in [5.41, 5.74) is 6.61. The van der Waals surface area contributed by atoms with Gasteiger partial charge in [-0.2, -0.15) is 0 Å². The average molecular weight is 246 g/mol. The summed E-state index contributed by atoms with van der Waals surface area (Å²) in [6.07, 6.45) is 6.48. The van der Waals surface area contributed by atoms with E-state index in [2.05, 4.69) is 22.5 Å². The zero-order chi connectivity index (χ0) is 10.1. The highest BCUT2D eigenvalue weighted by Gasteiger charge is 1.91. The van der Waals surface area contributed by atoms with E-state index in [1.54, 1.807) is 7.11 Å². The predicted octanol–water partition coefficient (Wildman–Crippen LogP) is 3.07. The predicted molar refractivity (Wildman–Crippen MR) is 60.3 cm³/mol. The van der Waals surface area contributed by atoms with Gasteiger partial charge in [-0.05, 0) is 17.8 Å². The normalized spacial score (nSPS) is 12.0. The molecule has 0 aliphatic rings. The zero-order valence-electron chi connectivity index (χ0n) is 7.92. The number of hydrogen-bond donors (Lipinski definition) is 1. The van der Waals surface area contributed by atoms with Gasteiger partial charge in [0.25, 0.3) is 0 Å². The van der Waals surface area contributed by atoms with Crippen molar-refractivity contribution in [2.45, 2.75) is 19.3 Å². The van der Waals surface area contributed by atoms with Crippen LogP contribution < -0.4 is 5.73 Å². The van der Waals surface area contributed by atoms with Gasteiger partial charge in [0, 0.05) is 12.1 Å². The lowest BCUT2D eigenvalue weighted by Gasteiger charge is -2.01. The number of nitrogens with two attached hydrogens (primary N) is 1. The maximum atomic E-state index is 5.73. The summed E-state index contributed by atoms with van der Waals surface area (Å²) in [4.78, 5) is 1.84. The molecule has 0 aromatic carbocycles. The van der Waals surface area contributed by atoms with Gasteiger partial charge in [-0.25, -0.2) is 0 Å². The summed E-state index contributed by atoms with van der Waals surface area (Å²) >= 11 is 3.20. The number of rotatable bonds is 6. The van der Waals surface area contributed by atoms with Crippen molar-refractivity contribution in [2.24, 2.45) is 5.73 Å². The lowest BCUT2D eigenvalue weighted by Crippen LogP contribution is -1.96. The maximum absolute atomic E-state index is 5.73. The smallest absolute Gasteiger partial charge is 0.0922 e. The first kappa shape index (κ1) is 12.3. The summed E-state index contributed by atoms with van der Waals surface area (Å²) in [5, 5.41) is 0. The highest BCUT2D eigenvalue weighted by atomic mass is 79.9. The molecule has 3 heteroatoms. The molecule has 13 heavy (non-hydrogen) atoms. The third kappa shape index (κ3) is 7.65. The van der Waals surface area contributed by atoms with E-state index in [1.807, 2.05) is 17.1 Å². The molecule has 0 heterocycles. The zero-order valence-corrected chi connectivity index (χ0v) is 9.51. The molecular formula is C10H16BrNO. The minimum atomic E-state index is 0.695. The van der Waals surface area contributed by atoms with Crippen molar-refractivity contribution in [3.8, 4) is 0 Å². The van der Waals surface area contributed by atoms with Crippen molar-refractivity contribution in [3.05, 3.63) is 35.2 Å². The maximum Gasteiger partial charge on any atom is 0.0922 e. The Morgan fingerprint density at radius 2 is 2.31 bits per heavy atom. The van der Waals surface area contributed by atoms with Crippen LogP contribution in [0.4, 0.5) is 0 Å². The molecule has 0 saturated heterocycles. The van der Waals surface area contributed by atoms with Crippen LogP contribution in [0, 0.1) is 0 Å². The van der Waals surface area contributed by atoms with Crippen molar-refractivity contribution in [2.75, 3.05) is 7.11 Å². The third-order valence-corrected chi connectivity index (χ3v) is 1.94. The molecule has 0 saturated carbocycles. The van der Waals surface area contributed by atoms with E-state index < -0.39 is 0 Å². The molecule has 0 fully saturated rings. The summed E-state index contributed by atoms with van der Waals surface area (Å²) in [5.74, 6) is 0.735. The second-order valence-corrected chi connectivity index (χ2v) is 3.15. The second-order valence-electron chi connectivity index (χ2n) is 2.63. The summed E-state index contributed by atoms with van der Waals surface area (Å²) in [6, 6.07) is 0. The summed E-state index contributed by atoms with van der Waals surface area (Å²) in [7, 11) is 1.61. The van der Waals surface area contributed by atoms with Crippen molar-refractivity contribution >= 4 is 15.9 Å². The first-order valence-electron chi connectivity index (χ1n) is 4.12. The fraction of sp³-hybridized carbons (Fsp3) is 0.400. The Labute approximate surface area is 88.3 Å². The molecule has 0 aromatic rings. The lowest BCUT2D eigenvalue weighted by atomic mass is 10.2. The van der Waals surface area contributed by atoms with Gasteiger partial charge in [-0.3, -0.25) is 0 Å². The standard InChI is InChI=1S/C10H16BrNO/c1-9(13-2)6-7-10(12)5-3-4-8-11/h4,7-8H,1,3,5-6,12H2,2H3/b8-4+,10-7+. The minimum Gasteiger partial charge on any atom is -0.501 e. The minimum absolute atomic E-state index is 0.695. The monoisotopic (exact) mass is 245 g/mol. The Morgan fingerprint density at radius 1 is 1.62 bits per heavy atom. The van der Waals surface area contributed by atoms with E-state index in [1.165, 1.54) is 0 Å². The summed E-state index contributed by atoms with van der Waals surface area (Å²) in [6.45, 7) is 3.70. The Bertz CT molecular complexity index is 209. The topological polar surface area (TPSA) is 35.2 Å². The molecular weight excluding hydrogens is 230 g/mol. The third-order valence-electron chi connectivity index (χ3n) is 1.57. The Morgan fingerprint density at radius 3 is 2.85 bits per heavy atom. The van der Waals surface area contributed by atoms with Gasteiger partial charge in [0.1, 0.15) is 0 Å². The highest BCUT2D eigenvalue weighted by molar-refractivity contribution is 9.11. The van der Waals surface area contributed by atoms with E-state index in [0.29, 0.717) is 6.42 Å². The largest absolute Gasteiger partial charge is 0.501 e. The van der Waals surface area contributed by atoms with Crippen LogP contribution in [0.2, 0.25) is 0 Å². The van der Waals surface area contributed by atoms with Gasteiger partial charge in [0.15, 0.2) is 0 Å². The van der Waals surface area contributed by atoms with Crippen LogP contribution >= 0.6 is 15.9 Å². The number of allylic oxidation sites excluding steroid dienone is 3. The molecule has 0 atom stereocenters. The quantitative estimate of drug-likeness (QED) is 0.731. The summed E-state index contributed by atoms with van der Waals surface area (Å²) < 4.78 is 4.91. The van der Waals surface area contributed by atoms with Gasteiger partial charge < -0.3 is 10.5 Å². The van der Waals surface area contributed by atoms with E-state index in [0.717, 1.165) is 24.3 Å². The molecule has 0 bridgehead atoms. The number of halogens is 1. The molecule has 0 rings (SSSR count). The molecule has 0 aromatic heterocycles. The van der Waals surface area contributed by atoms with Crippen LogP contribution in [0.5, 0.6) is 0 Å². The Hall–Kier alpha value is -0.700. The van der Waals surface area contributed by atoms with E-state index in [4.69, 9.17) is 10.5 Å². The Balaban J connectivity index is 3.68. The molecule has 2 N–H and O–H groups in total. The average Bonchev–Trinajstić information content (AvgIpc) is 2.14. The fourth-order valence-corrected chi connectivity index (χ4v) is 1.01. The van der Waals surface area contributed by atoms with Crippen molar-refractivity contribution < 1.29 is 4.74 Å². The molecule has 0 spiro atoms.